The second-order valence-electron chi connectivity index (χ2n) is 3.15. The summed E-state index contributed by atoms with van der Waals surface area (Å²) >= 11 is 4.34. The third kappa shape index (κ3) is 4.41. The monoisotopic (exact) mass is 469 g/mol. The minimum Gasteiger partial charge on any atom is -0.495 e. The Labute approximate surface area is 132 Å². The molecule has 0 aliphatic carbocycles. The zero-order valence-corrected chi connectivity index (χ0v) is 13.7. The highest BCUT2D eigenvalue weighted by Gasteiger charge is 2.06. The zero-order valence-electron chi connectivity index (χ0n) is 9.41. The molecule has 1 aromatic carbocycles. The van der Waals surface area contributed by atoms with Crippen LogP contribution in [0.3, 0.4) is 0 Å². The van der Waals surface area contributed by atoms with Crippen LogP contribution in [0.1, 0.15) is 12.0 Å². The third-order valence-corrected chi connectivity index (χ3v) is 3.47. The standard InChI is InChI=1S/C11H9I2N3O2/c1-18-11-8(12)4-7(5-9(11)13)6-15-16-10(17)2-3-14/h4-6H,2H2,1H3,(H,16,17)/b15-6-. The van der Waals surface area contributed by atoms with E-state index in [-0.39, 0.29) is 6.42 Å². The van der Waals surface area contributed by atoms with Gasteiger partial charge in [0.2, 0.25) is 0 Å². The molecule has 1 aromatic rings. The van der Waals surface area contributed by atoms with Gasteiger partial charge in [-0.25, -0.2) is 5.43 Å². The van der Waals surface area contributed by atoms with Gasteiger partial charge in [0, 0.05) is 0 Å². The highest BCUT2D eigenvalue weighted by Crippen LogP contribution is 2.27. The summed E-state index contributed by atoms with van der Waals surface area (Å²) in [5.41, 5.74) is 3.12. The van der Waals surface area contributed by atoms with Crippen LogP contribution in [0.2, 0.25) is 0 Å². The summed E-state index contributed by atoms with van der Waals surface area (Å²) in [6.45, 7) is 0. The van der Waals surface area contributed by atoms with Gasteiger partial charge in [0.15, 0.2) is 0 Å². The van der Waals surface area contributed by atoms with E-state index in [0.717, 1.165) is 18.5 Å². The van der Waals surface area contributed by atoms with Crippen molar-refractivity contribution >= 4 is 57.3 Å². The summed E-state index contributed by atoms with van der Waals surface area (Å²) < 4.78 is 7.17. The molecule has 0 aromatic heterocycles. The van der Waals surface area contributed by atoms with Crippen LogP contribution in [0.4, 0.5) is 0 Å². The molecule has 1 amide bonds. The van der Waals surface area contributed by atoms with Crippen molar-refractivity contribution in [2.75, 3.05) is 7.11 Å². The molecule has 0 saturated heterocycles. The molecule has 0 atom stereocenters. The first-order valence-corrected chi connectivity index (χ1v) is 6.96. The van der Waals surface area contributed by atoms with Crippen LogP contribution in [0, 0.1) is 18.5 Å². The number of rotatable bonds is 4. The van der Waals surface area contributed by atoms with E-state index in [9.17, 15) is 4.79 Å². The molecule has 7 heteroatoms. The van der Waals surface area contributed by atoms with Gasteiger partial charge in [-0.3, -0.25) is 4.79 Å². The Kier molecular flexibility index (Phi) is 6.34. The van der Waals surface area contributed by atoms with Crippen LogP contribution in [0.15, 0.2) is 17.2 Å². The third-order valence-electron chi connectivity index (χ3n) is 1.87. The molecule has 0 fully saturated rings. The van der Waals surface area contributed by atoms with Gasteiger partial charge < -0.3 is 4.74 Å². The molecule has 0 saturated carbocycles. The number of nitrogens with zero attached hydrogens (tertiary/aromatic N) is 2. The molecule has 0 unspecified atom stereocenters. The fraction of sp³-hybridized carbons (Fsp3) is 0.182. The van der Waals surface area contributed by atoms with Gasteiger partial charge in [-0.1, -0.05) is 0 Å². The number of methoxy groups -OCH3 is 1. The number of nitriles is 1. The summed E-state index contributed by atoms with van der Waals surface area (Å²) in [6, 6.07) is 5.53. The molecule has 0 heterocycles. The molecular formula is C11H9I2N3O2. The van der Waals surface area contributed by atoms with Crippen LogP contribution in [0.25, 0.3) is 0 Å². The average Bonchev–Trinajstić information content (AvgIpc) is 2.29. The summed E-state index contributed by atoms with van der Waals surface area (Å²) in [6.07, 6.45) is 1.33. The number of carbonyl (C=O) groups is 1. The van der Waals surface area contributed by atoms with Crippen LogP contribution >= 0.6 is 45.2 Å². The van der Waals surface area contributed by atoms with Gasteiger partial charge in [-0.2, -0.15) is 10.4 Å². The number of carbonyl (C=O) groups excluding carboxylic acids is 1. The lowest BCUT2D eigenvalue weighted by Gasteiger charge is -2.06. The summed E-state index contributed by atoms with van der Waals surface area (Å²) in [5, 5.41) is 12.1. The molecule has 1 rings (SSSR count). The number of amides is 1. The van der Waals surface area contributed by atoms with Gasteiger partial charge in [0.25, 0.3) is 5.91 Å². The Morgan fingerprint density at radius 3 is 2.67 bits per heavy atom. The fourth-order valence-corrected chi connectivity index (χ4v) is 3.40. The van der Waals surface area contributed by atoms with Crippen molar-refractivity contribution in [1.29, 1.82) is 5.26 Å². The Morgan fingerprint density at radius 2 is 2.17 bits per heavy atom. The Balaban J connectivity index is 2.78. The second kappa shape index (κ2) is 7.52. The number of ether oxygens (including phenoxy) is 1. The lowest BCUT2D eigenvalue weighted by molar-refractivity contribution is -0.120. The summed E-state index contributed by atoms with van der Waals surface area (Å²) in [4.78, 5) is 11.0. The SMILES string of the molecule is COc1c(I)cc(/C=N\NC(=O)CC#N)cc1I. The lowest BCUT2D eigenvalue weighted by atomic mass is 10.2. The van der Waals surface area contributed by atoms with E-state index in [2.05, 4.69) is 55.7 Å². The quantitative estimate of drug-likeness (QED) is 0.418. The topological polar surface area (TPSA) is 74.5 Å². The highest BCUT2D eigenvalue weighted by atomic mass is 127. The largest absolute Gasteiger partial charge is 0.495 e. The molecule has 18 heavy (non-hydrogen) atoms. The van der Waals surface area contributed by atoms with Crippen LogP contribution in [-0.2, 0) is 4.79 Å². The van der Waals surface area contributed by atoms with Crippen molar-refractivity contribution in [1.82, 2.24) is 5.43 Å². The molecule has 0 radical (unpaired) electrons. The molecule has 0 spiro atoms. The van der Waals surface area contributed by atoms with Crippen molar-refractivity contribution in [3.05, 3.63) is 24.8 Å². The molecule has 0 bridgehead atoms. The van der Waals surface area contributed by atoms with Gasteiger partial charge in [-0.05, 0) is 62.9 Å². The van der Waals surface area contributed by atoms with E-state index in [4.69, 9.17) is 10.00 Å². The normalized spacial score (nSPS) is 10.1. The maximum atomic E-state index is 11.0. The maximum Gasteiger partial charge on any atom is 0.254 e. The molecular weight excluding hydrogens is 460 g/mol. The van der Waals surface area contributed by atoms with Gasteiger partial charge in [0.1, 0.15) is 12.2 Å². The van der Waals surface area contributed by atoms with E-state index in [1.807, 2.05) is 12.1 Å². The molecule has 0 aliphatic heterocycles. The summed E-state index contributed by atoms with van der Waals surface area (Å²) in [7, 11) is 1.62. The van der Waals surface area contributed by atoms with Crippen molar-refractivity contribution in [3.63, 3.8) is 0 Å². The first-order chi connectivity index (χ1) is 8.58. The zero-order chi connectivity index (χ0) is 13.5. The van der Waals surface area contributed by atoms with Crippen LogP contribution in [0.5, 0.6) is 5.75 Å². The molecule has 1 N–H and O–H groups in total. The van der Waals surface area contributed by atoms with Crippen molar-refractivity contribution in [2.45, 2.75) is 6.42 Å². The summed E-state index contributed by atoms with van der Waals surface area (Å²) in [5.74, 6) is 0.397. The number of halogens is 2. The number of benzene rings is 1. The maximum absolute atomic E-state index is 11.0. The van der Waals surface area contributed by atoms with E-state index in [1.54, 1.807) is 13.2 Å². The van der Waals surface area contributed by atoms with Crippen LogP contribution in [-0.4, -0.2) is 19.2 Å². The number of hydrogen-bond acceptors (Lipinski definition) is 4. The molecule has 5 nitrogen and oxygen atoms in total. The number of hydrazone groups is 1. The van der Waals surface area contributed by atoms with Crippen molar-refractivity contribution in [2.24, 2.45) is 5.10 Å². The van der Waals surface area contributed by atoms with E-state index >= 15 is 0 Å². The second-order valence-corrected chi connectivity index (χ2v) is 5.47. The van der Waals surface area contributed by atoms with E-state index < -0.39 is 5.91 Å². The average molecular weight is 469 g/mol. The fourth-order valence-electron chi connectivity index (χ4n) is 1.14. The predicted octanol–water partition coefficient (Wildman–Crippen LogP) is 2.27. The Morgan fingerprint density at radius 1 is 1.56 bits per heavy atom. The van der Waals surface area contributed by atoms with E-state index in [0.29, 0.717) is 0 Å². The lowest BCUT2D eigenvalue weighted by Crippen LogP contribution is -2.16. The Hall–Kier alpha value is -0.890. The number of hydrogen-bond donors (Lipinski definition) is 1. The molecule has 0 aliphatic rings. The Bertz CT molecular complexity index is 501. The van der Waals surface area contributed by atoms with Crippen molar-refractivity contribution < 1.29 is 9.53 Å². The van der Waals surface area contributed by atoms with Crippen LogP contribution < -0.4 is 10.2 Å². The number of nitrogens with one attached hydrogen (secondary N) is 1. The van der Waals surface area contributed by atoms with E-state index in [1.165, 1.54) is 6.21 Å². The first kappa shape index (κ1) is 15.2. The van der Waals surface area contributed by atoms with Crippen molar-refractivity contribution in [3.8, 4) is 11.8 Å². The van der Waals surface area contributed by atoms with Gasteiger partial charge in [0.05, 0.1) is 26.5 Å². The first-order valence-electron chi connectivity index (χ1n) is 4.80. The smallest absolute Gasteiger partial charge is 0.254 e. The van der Waals surface area contributed by atoms with Gasteiger partial charge in [-0.15, -0.1) is 0 Å². The highest BCUT2D eigenvalue weighted by molar-refractivity contribution is 14.1. The molecule has 94 valence electrons. The minimum absolute atomic E-state index is 0.199. The minimum atomic E-state index is -0.424. The van der Waals surface area contributed by atoms with Gasteiger partial charge >= 0.3 is 0 Å². The predicted molar refractivity (Wildman–Crippen MR) is 84.4 cm³/mol.